The van der Waals surface area contributed by atoms with Crippen LogP contribution in [0.25, 0.3) is 0 Å². The summed E-state index contributed by atoms with van der Waals surface area (Å²) >= 11 is 0. The normalized spacial score (nSPS) is 19.9. The van der Waals surface area contributed by atoms with Gasteiger partial charge in [0.15, 0.2) is 0 Å². The summed E-state index contributed by atoms with van der Waals surface area (Å²) in [5.41, 5.74) is 1.21. The first-order valence-corrected chi connectivity index (χ1v) is 4.81. The zero-order valence-electron chi connectivity index (χ0n) is 7.63. The quantitative estimate of drug-likeness (QED) is 0.637. The minimum Gasteiger partial charge on any atom is -0.396 e. The molecule has 0 atom stereocenters. The number of hydrogen-bond acceptors (Lipinski definition) is 1. The van der Waals surface area contributed by atoms with Gasteiger partial charge in [0.2, 0.25) is 0 Å². The van der Waals surface area contributed by atoms with Crippen molar-refractivity contribution in [1.29, 1.82) is 0 Å². The summed E-state index contributed by atoms with van der Waals surface area (Å²) in [4.78, 5) is 0. The predicted molar refractivity (Wildman–Crippen MR) is 51.9 cm³/mol. The van der Waals surface area contributed by atoms with Crippen LogP contribution >= 0.6 is 0 Å². The highest BCUT2D eigenvalue weighted by molar-refractivity contribution is 5.17. The van der Waals surface area contributed by atoms with E-state index in [0.29, 0.717) is 0 Å². The van der Waals surface area contributed by atoms with Crippen molar-refractivity contribution in [2.24, 2.45) is 5.92 Å². The molecule has 1 aliphatic rings. The van der Waals surface area contributed by atoms with E-state index in [2.05, 4.69) is 12.7 Å². The molecule has 1 aliphatic carbocycles. The average Bonchev–Trinajstić information content (AvgIpc) is 2.56. The van der Waals surface area contributed by atoms with Gasteiger partial charge in [-0.2, -0.15) is 0 Å². The number of rotatable bonds is 4. The molecule has 1 nitrogen and oxygen atoms in total. The zero-order chi connectivity index (χ0) is 8.81. The number of allylic oxidation sites excluding steroid dienone is 2. The van der Waals surface area contributed by atoms with Gasteiger partial charge in [0.1, 0.15) is 0 Å². The Balaban J connectivity index is 2.43. The zero-order valence-corrected chi connectivity index (χ0v) is 7.63. The molecule has 0 aliphatic heterocycles. The van der Waals surface area contributed by atoms with Crippen LogP contribution in [0.3, 0.4) is 0 Å². The minimum absolute atomic E-state index is 0.241. The van der Waals surface area contributed by atoms with E-state index < -0.39 is 0 Å². The molecule has 0 heterocycles. The molecule has 0 amide bonds. The average molecular weight is 166 g/mol. The summed E-state index contributed by atoms with van der Waals surface area (Å²) in [5, 5.41) is 8.75. The fourth-order valence-corrected chi connectivity index (χ4v) is 1.81. The summed E-state index contributed by atoms with van der Waals surface area (Å²) in [5.74, 6) is 0.754. The van der Waals surface area contributed by atoms with Crippen LogP contribution in [0, 0.1) is 5.92 Å². The van der Waals surface area contributed by atoms with Crippen molar-refractivity contribution < 1.29 is 5.11 Å². The third-order valence-corrected chi connectivity index (χ3v) is 2.51. The van der Waals surface area contributed by atoms with E-state index in [4.69, 9.17) is 5.11 Å². The Morgan fingerprint density at radius 2 is 2.08 bits per heavy atom. The van der Waals surface area contributed by atoms with Gasteiger partial charge >= 0.3 is 0 Å². The van der Waals surface area contributed by atoms with Gasteiger partial charge in [0.05, 0.1) is 0 Å². The summed E-state index contributed by atoms with van der Waals surface area (Å²) in [7, 11) is 0. The smallest absolute Gasteiger partial charge is 0.0471 e. The molecule has 0 unspecified atom stereocenters. The fourth-order valence-electron chi connectivity index (χ4n) is 1.81. The topological polar surface area (TPSA) is 20.2 Å². The highest BCUT2D eigenvalue weighted by atomic mass is 16.2. The Bertz CT molecular complexity index is 164. The molecule has 1 fully saturated rings. The maximum Gasteiger partial charge on any atom is 0.0471 e. The lowest BCUT2D eigenvalue weighted by molar-refractivity contribution is 0.300. The summed E-state index contributed by atoms with van der Waals surface area (Å²) in [6, 6.07) is 0. The van der Waals surface area contributed by atoms with E-state index in [1.165, 1.54) is 31.3 Å². The summed E-state index contributed by atoms with van der Waals surface area (Å²) in [6.45, 7) is 3.98. The van der Waals surface area contributed by atoms with E-state index in [9.17, 15) is 0 Å². The lowest BCUT2D eigenvalue weighted by Crippen LogP contribution is -1.92. The van der Waals surface area contributed by atoms with Crippen LogP contribution in [0.1, 0.15) is 32.1 Å². The van der Waals surface area contributed by atoms with E-state index in [1.807, 2.05) is 6.08 Å². The van der Waals surface area contributed by atoms with Crippen molar-refractivity contribution in [2.75, 3.05) is 6.61 Å². The van der Waals surface area contributed by atoms with Crippen molar-refractivity contribution in [1.82, 2.24) is 0 Å². The molecule has 0 spiro atoms. The molecular formula is C11H18O. The molecule has 1 N–H and O–H groups in total. The summed E-state index contributed by atoms with van der Waals surface area (Å²) < 4.78 is 0. The highest BCUT2D eigenvalue weighted by Crippen LogP contribution is 2.27. The van der Waals surface area contributed by atoms with Crippen LogP contribution < -0.4 is 0 Å². The lowest BCUT2D eigenvalue weighted by atomic mass is 10.0. The number of hydrogen-bond donors (Lipinski definition) is 1. The largest absolute Gasteiger partial charge is 0.396 e. The van der Waals surface area contributed by atoms with Crippen molar-refractivity contribution >= 4 is 0 Å². The first kappa shape index (κ1) is 9.53. The Morgan fingerprint density at radius 1 is 1.42 bits per heavy atom. The van der Waals surface area contributed by atoms with Crippen molar-refractivity contribution in [3.8, 4) is 0 Å². The van der Waals surface area contributed by atoms with E-state index in [1.54, 1.807) is 0 Å². The second-order valence-corrected chi connectivity index (χ2v) is 3.46. The molecular weight excluding hydrogens is 148 g/mol. The van der Waals surface area contributed by atoms with Gasteiger partial charge in [-0.25, -0.2) is 0 Å². The molecule has 0 aromatic rings. The van der Waals surface area contributed by atoms with Crippen LogP contribution in [-0.4, -0.2) is 11.7 Å². The molecule has 0 radical (unpaired) electrons. The number of aliphatic hydroxyl groups excluding tert-OH is 1. The molecule has 0 aromatic carbocycles. The standard InChI is InChI=1S/C11H18O/c1-2-10(7-8-12)9-11-5-3-4-6-11/h2,9,11-12H,1,3-8H2/b10-9+. The monoisotopic (exact) mass is 166 g/mol. The molecule has 0 saturated heterocycles. The molecule has 0 aromatic heterocycles. The fraction of sp³-hybridized carbons (Fsp3) is 0.636. The van der Waals surface area contributed by atoms with E-state index >= 15 is 0 Å². The van der Waals surface area contributed by atoms with Crippen LogP contribution in [-0.2, 0) is 0 Å². The molecule has 1 saturated carbocycles. The third kappa shape index (κ3) is 2.82. The van der Waals surface area contributed by atoms with Crippen LogP contribution in [0.15, 0.2) is 24.3 Å². The Hall–Kier alpha value is -0.560. The van der Waals surface area contributed by atoms with Crippen molar-refractivity contribution in [3.63, 3.8) is 0 Å². The van der Waals surface area contributed by atoms with Crippen LogP contribution in [0.5, 0.6) is 0 Å². The molecule has 1 heteroatoms. The summed E-state index contributed by atoms with van der Waals surface area (Å²) in [6.07, 6.45) is 10.3. The molecule has 12 heavy (non-hydrogen) atoms. The van der Waals surface area contributed by atoms with Gasteiger partial charge in [0.25, 0.3) is 0 Å². The minimum atomic E-state index is 0.241. The van der Waals surface area contributed by atoms with E-state index in [-0.39, 0.29) is 6.61 Å². The lowest BCUT2D eigenvalue weighted by Gasteiger charge is -2.04. The molecule has 0 bridgehead atoms. The van der Waals surface area contributed by atoms with Gasteiger partial charge in [-0.1, -0.05) is 37.1 Å². The Labute approximate surface area is 74.8 Å². The number of aliphatic hydroxyl groups is 1. The maximum absolute atomic E-state index is 8.75. The molecule has 68 valence electrons. The third-order valence-electron chi connectivity index (χ3n) is 2.51. The van der Waals surface area contributed by atoms with Gasteiger partial charge in [0, 0.05) is 6.61 Å². The first-order chi connectivity index (χ1) is 5.86. The van der Waals surface area contributed by atoms with Gasteiger partial charge in [-0.15, -0.1) is 0 Å². The van der Waals surface area contributed by atoms with Gasteiger partial charge in [-0.05, 0) is 25.2 Å². The van der Waals surface area contributed by atoms with Gasteiger partial charge in [-0.3, -0.25) is 0 Å². The Kier molecular flexibility index (Phi) is 4.09. The predicted octanol–water partition coefficient (Wildman–Crippen LogP) is 2.67. The SMILES string of the molecule is C=C/C(=C\C1CCCC1)CCO. The van der Waals surface area contributed by atoms with Crippen molar-refractivity contribution in [3.05, 3.63) is 24.3 Å². The maximum atomic E-state index is 8.75. The van der Waals surface area contributed by atoms with E-state index in [0.717, 1.165) is 12.3 Å². The van der Waals surface area contributed by atoms with Crippen LogP contribution in [0.4, 0.5) is 0 Å². The van der Waals surface area contributed by atoms with Gasteiger partial charge < -0.3 is 5.11 Å². The first-order valence-electron chi connectivity index (χ1n) is 4.81. The Morgan fingerprint density at radius 3 is 2.58 bits per heavy atom. The highest BCUT2D eigenvalue weighted by Gasteiger charge is 2.12. The second-order valence-electron chi connectivity index (χ2n) is 3.46. The van der Waals surface area contributed by atoms with Crippen molar-refractivity contribution in [2.45, 2.75) is 32.1 Å². The molecule has 1 rings (SSSR count). The second kappa shape index (κ2) is 5.15. The van der Waals surface area contributed by atoms with Crippen LogP contribution in [0.2, 0.25) is 0 Å².